The molecule has 0 saturated carbocycles. The van der Waals surface area contributed by atoms with Crippen LogP contribution in [-0.2, 0) is 12.8 Å². The second kappa shape index (κ2) is 4.56. The van der Waals surface area contributed by atoms with Gasteiger partial charge in [0.1, 0.15) is 5.69 Å². The summed E-state index contributed by atoms with van der Waals surface area (Å²) in [5.74, 6) is 0. The molecule has 1 aliphatic carbocycles. The summed E-state index contributed by atoms with van der Waals surface area (Å²) in [4.78, 5) is 16.0. The summed E-state index contributed by atoms with van der Waals surface area (Å²) in [6.45, 7) is 0. The van der Waals surface area contributed by atoms with E-state index in [0.717, 1.165) is 16.9 Å². The Hall–Kier alpha value is -1.94. The average molecular weight is 282 g/mol. The molecule has 4 rings (SSSR count). The van der Waals surface area contributed by atoms with Crippen molar-refractivity contribution in [2.45, 2.75) is 25.7 Å². The lowest BCUT2D eigenvalue weighted by molar-refractivity contribution is 0.111. The number of aryl methyl sites for hydroxylation is 2. The normalized spacial score (nSPS) is 14.4. The Kier molecular flexibility index (Phi) is 2.70. The van der Waals surface area contributed by atoms with Crippen molar-refractivity contribution in [2.24, 2.45) is 0 Å². The fourth-order valence-corrected chi connectivity index (χ4v) is 3.85. The Balaban J connectivity index is 1.85. The fourth-order valence-electron chi connectivity index (χ4n) is 2.96. The molecule has 1 aromatic carbocycles. The minimum absolute atomic E-state index is 0.496. The minimum Gasteiger partial charge on any atom is -0.296 e. The molecule has 2 heterocycles. The third kappa shape index (κ3) is 1.79. The molecule has 0 aliphatic heterocycles. The van der Waals surface area contributed by atoms with E-state index in [-0.39, 0.29) is 0 Å². The molecule has 0 bridgehead atoms. The van der Waals surface area contributed by atoms with Crippen LogP contribution >= 0.6 is 11.3 Å². The molecule has 0 radical (unpaired) electrons. The van der Waals surface area contributed by atoms with Gasteiger partial charge in [0.05, 0.1) is 5.69 Å². The zero-order chi connectivity index (χ0) is 13.5. The predicted octanol–water partition coefficient (Wildman–Crippen LogP) is 3.75. The van der Waals surface area contributed by atoms with Gasteiger partial charge in [-0.1, -0.05) is 12.1 Å². The van der Waals surface area contributed by atoms with Crippen molar-refractivity contribution < 1.29 is 4.79 Å². The van der Waals surface area contributed by atoms with Gasteiger partial charge in [-0.25, -0.2) is 4.98 Å². The van der Waals surface area contributed by atoms with E-state index in [4.69, 9.17) is 0 Å². The molecule has 3 aromatic rings. The number of carbonyl (C=O) groups is 1. The minimum atomic E-state index is 0.496. The Labute approximate surface area is 120 Å². The highest BCUT2D eigenvalue weighted by Gasteiger charge is 2.13. The topological polar surface area (TPSA) is 34.4 Å². The Morgan fingerprint density at radius 1 is 1.20 bits per heavy atom. The monoisotopic (exact) mass is 282 g/mol. The van der Waals surface area contributed by atoms with Gasteiger partial charge in [-0.2, -0.15) is 0 Å². The first-order valence-electron chi connectivity index (χ1n) is 6.89. The van der Waals surface area contributed by atoms with E-state index in [1.165, 1.54) is 42.4 Å². The Morgan fingerprint density at radius 2 is 2.05 bits per heavy atom. The van der Waals surface area contributed by atoms with Gasteiger partial charge in [0.15, 0.2) is 11.2 Å². The molecule has 1 aliphatic rings. The fraction of sp³-hybridized carbons (Fsp3) is 0.250. The van der Waals surface area contributed by atoms with Crippen molar-refractivity contribution in [1.29, 1.82) is 0 Å². The summed E-state index contributed by atoms with van der Waals surface area (Å²) in [7, 11) is 0. The average Bonchev–Trinajstić information content (AvgIpc) is 3.06. The van der Waals surface area contributed by atoms with Crippen LogP contribution in [0.4, 0.5) is 0 Å². The quantitative estimate of drug-likeness (QED) is 0.671. The van der Waals surface area contributed by atoms with Crippen LogP contribution in [0.2, 0.25) is 0 Å². The highest BCUT2D eigenvalue weighted by Crippen LogP contribution is 2.30. The first kappa shape index (κ1) is 11.9. The molecular weight excluding hydrogens is 268 g/mol. The lowest BCUT2D eigenvalue weighted by Gasteiger charge is -2.16. The molecule has 20 heavy (non-hydrogen) atoms. The SMILES string of the molecule is O=Cc1cn2c(-c3ccc4c(c3)CCCC4)csc2n1. The molecular formula is C16H14N2OS. The lowest BCUT2D eigenvalue weighted by Crippen LogP contribution is -2.02. The standard InChI is InChI=1S/C16H14N2OS/c19-9-14-8-18-15(10-20-16(18)17-14)13-6-5-11-3-1-2-4-12(11)7-13/h5-10H,1-4H2. The van der Waals surface area contributed by atoms with Crippen molar-refractivity contribution >= 4 is 22.6 Å². The van der Waals surface area contributed by atoms with Gasteiger partial charge in [0.25, 0.3) is 0 Å². The molecule has 3 nitrogen and oxygen atoms in total. The number of carbonyl (C=O) groups excluding carboxylic acids is 1. The summed E-state index contributed by atoms with van der Waals surface area (Å²) < 4.78 is 2.01. The number of nitrogens with zero attached hydrogens (tertiary/aromatic N) is 2. The van der Waals surface area contributed by atoms with Crippen molar-refractivity contribution in [3.8, 4) is 11.3 Å². The number of rotatable bonds is 2. The van der Waals surface area contributed by atoms with E-state index in [1.54, 1.807) is 11.3 Å². The molecule has 0 saturated heterocycles. The second-order valence-electron chi connectivity index (χ2n) is 5.25. The molecule has 0 fully saturated rings. The van der Waals surface area contributed by atoms with Crippen LogP contribution < -0.4 is 0 Å². The van der Waals surface area contributed by atoms with Gasteiger partial charge in [-0.3, -0.25) is 9.20 Å². The van der Waals surface area contributed by atoms with Gasteiger partial charge >= 0.3 is 0 Å². The number of fused-ring (bicyclic) bond motifs is 2. The van der Waals surface area contributed by atoms with E-state index in [0.29, 0.717) is 5.69 Å². The number of aromatic nitrogens is 2. The molecule has 0 atom stereocenters. The van der Waals surface area contributed by atoms with E-state index in [1.807, 2.05) is 10.6 Å². The molecule has 4 heteroatoms. The zero-order valence-corrected chi connectivity index (χ0v) is 11.8. The van der Waals surface area contributed by atoms with Gasteiger partial charge in [0.2, 0.25) is 0 Å². The first-order chi connectivity index (χ1) is 9.85. The van der Waals surface area contributed by atoms with Crippen molar-refractivity contribution in [1.82, 2.24) is 9.38 Å². The number of imidazole rings is 1. The maximum absolute atomic E-state index is 10.8. The summed E-state index contributed by atoms with van der Waals surface area (Å²) in [6, 6.07) is 6.74. The van der Waals surface area contributed by atoms with Crippen molar-refractivity contribution in [3.05, 3.63) is 46.6 Å². The van der Waals surface area contributed by atoms with Gasteiger partial charge in [-0.15, -0.1) is 11.3 Å². The van der Waals surface area contributed by atoms with Crippen molar-refractivity contribution in [2.75, 3.05) is 0 Å². The predicted molar refractivity (Wildman–Crippen MR) is 80.5 cm³/mol. The maximum atomic E-state index is 10.8. The van der Waals surface area contributed by atoms with Crippen LogP contribution in [0.15, 0.2) is 29.8 Å². The molecule has 2 aromatic heterocycles. The Bertz CT molecular complexity index is 800. The number of aldehydes is 1. The smallest absolute Gasteiger partial charge is 0.194 e. The first-order valence-corrected chi connectivity index (χ1v) is 7.77. The molecule has 100 valence electrons. The van der Waals surface area contributed by atoms with Crippen LogP contribution in [0.1, 0.15) is 34.5 Å². The Morgan fingerprint density at radius 3 is 2.90 bits per heavy atom. The number of thiazole rings is 1. The summed E-state index contributed by atoms with van der Waals surface area (Å²) >= 11 is 1.58. The largest absolute Gasteiger partial charge is 0.296 e. The van der Waals surface area contributed by atoms with Crippen LogP contribution in [0.25, 0.3) is 16.2 Å². The molecule has 0 amide bonds. The molecule has 0 N–H and O–H groups in total. The highest BCUT2D eigenvalue weighted by molar-refractivity contribution is 7.15. The van der Waals surface area contributed by atoms with E-state index >= 15 is 0 Å². The van der Waals surface area contributed by atoms with Gasteiger partial charge in [0, 0.05) is 11.6 Å². The van der Waals surface area contributed by atoms with E-state index < -0.39 is 0 Å². The molecule has 0 unspecified atom stereocenters. The summed E-state index contributed by atoms with van der Waals surface area (Å²) in [5.41, 5.74) is 5.80. The van der Waals surface area contributed by atoms with Gasteiger partial charge in [-0.05, 0) is 48.4 Å². The van der Waals surface area contributed by atoms with Crippen LogP contribution in [0.5, 0.6) is 0 Å². The summed E-state index contributed by atoms with van der Waals surface area (Å²) in [6.07, 6.45) is 7.59. The highest BCUT2D eigenvalue weighted by atomic mass is 32.1. The second-order valence-corrected chi connectivity index (χ2v) is 6.08. The van der Waals surface area contributed by atoms with Crippen LogP contribution in [0, 0.1) is 0 Å². The zero-order valence-electron chi connectivity index (χ0n) is 11.0. The maximum Gasteiger partial charge on any atom is 0.194 e. The van der Waals surface area contributed by atoms with E-state index in [2.05, 4.69) is 28.6 Å². The third-order valence-corrected chi connectivity index (χ3v) is 4.83. The molecule has 0 spiro atoms. The number of hydrogen-bond donors (Lipinski definition) is 0. The van der Waals surface area contributed by atoms with Gasteiger partial charge < -0.3 is 0 Å². The lowest BCUT2D eigenvalue weighted by atomic mass is 9.90. The third-order valence-electron chi connectivity index (χ3n) is 3.99. The summed E-state index contributed by atoms with van der Waals surface area (Å²) in [5, 5.41) is 2.11. The number of benzene rings is 1. The van der Waals surface area contributed by atoms with Crippen LogP contribution in [-0.4, -0.2) is 15.7 Å². The van der Waals surface area contributed by atoms with Crippen LogP contribution in [0.3, 0.4) is 0 Å². The van der Waals surface area contributed by atoms with E-state index in [9.17, 15) is 4.79 Å². The van der Waals surface area contributed by atoms with Crippen molar-refractivity contribution in [3.63, 3.8) is 0 Å². The number of hydrogen-bond acceptors (Lipinski definition) is 3.